The van der Waals surface area contributed by atoms with Crippen LogP contribution in [0.4, 0.5) is 0 Å². The molecule has 0 spiro atoms. The SMILES string of the molecule is CC(=O)c1cccn1Cc1ccc(I)cc1. The van der Waals surface area contributed by atoms with Crippen molar-refractivity contribution in [3.8, 4) is 0 Å². The molecule has 0 radical (unpaired) electrons. The maximum Gasteiger partial charge on any atom is 0.176 e. The van der Waals surface area contributed by atoms with E-state index in [2.05, 4.69) is 46.9 Å². The molecule has 1 aromatic carbocycles. The third-order valence-corrected chi connectivity index (χ3v) is 3.18. The number of rotatable bonds is 3. The maximum absolute atomic E-state index is 11.3. The van der Waals surface area contributed by atoms with Crippen LogP contribution in [0.25, 0.3) is 0 Å². The molecule has 0 aliphatic heterocycles. The van der Waals surface area contributed by atoms with E-state index in [4.69, 9.17) is 0 Å². The second kappa shape index (κ2) is 4.82. The minimum Gasteiger partial charge on any atom is -0.341 e. The van der Waals surface area contributed by atoms with Gasteiger partial charge >= 0.3 is 0 Å². The summed E-state index contributed by atoms with van der Waals surface area (Å²) in [6.45, 7) is 2.35. The normalized spacial score (nSPS) is 10.4. The van der Waals surface area contributed by atoms with Gasteiger partial charge in [0.05, 0.1) is 5.69 Å². The third-order valence-electron chi connectivity index (χ3n) is 2.46. The molecule has 0 atom stereocenters. The van der Waals surface area contributed by atoms with E-state index in [1.54, 1.807) is 6.92 Å². The Morgan fingerprint density at radius 1 is 1.25 bits per heavy atom. The van der Waals surface area contributed by atoms with Gasteiger partial charge in [0, 0.05) is 23.2 Å². The van der Waals surface area contributed by atoms with Gasteiger partial charge in [-0.1, -0.05) is 12.1 Å². The van der Waals surface area contributed by atoms with E-state index in [0.717, 1.165) is 12.2 Å². The average molecular weight is 325 g/mol. The van der Waals surface area contributed by atoms with Crippen molar-refractivity contribution in [1.29, 1.82) is 0 Å². The number of Topliss-reactive ketones (excluding diaryl/α,β-unsaturated/α-hetero) is 1. The van der Waals surface area contributed by atoms with Crippen molar-refractivity contribution in [1.82, 2.24) is 4.57 Å². The van der Waals surface area contributed by atoms with Crippen LogP contribution in [-0.2, 0) is 6.54 Å². The molecular formula is C13H12INO. The predicted octanol–water partition coefficient (Wildman–Crippen LogP) is 3.34. The lowest BCUT2D eigenvalue weighted by molar-refractivity contribution is 0.100. The minimum atomic E-state index is 0.107. The molecule has 3 heteroatoms. The number of benzene rings is 1. The molecule has 0 N–H and O–H groups in total. The first-order chi connectivity index (χ1) is 7.66. The van der Waals surface area contributed by atoms with Crippen LogP contribution < -0.4 is 0 Å². The second-order valence-corrected chi connectivity index (χ2v) is 4.95. The fourth-order valence-corrected chi connectivity index (χ4v) is 2.02. The Morgan fingerprint density at radius 2 is 1.94 bits per heavy atom. The van der Waals surface area contributed by atoms with Crippen LogP contribution in [0, 0.1) is 3.57 Å². The number of carbonyl (C=O) groups is 1. The smallest absolute Gasteiger partial charge is 0.176 e. The molecule has 0 aliphatic rings. The molecule has 0 bridgehead atoms. The summed E-state index contributed by atoms with van der Waals surface area (Å²) in [6, 6.07) is 12.1. The van der Waals surface area contributed by atoms with Gasteiger partial charge in [0.15, 0.2) is 5.78 Å². The quantitative estimate of drug-likeness (QED) is 0.627. The highest BCUT2D eigenvalue weighted by Crippen LogP contribution is 2.11. The van der Waals surface area contributed by atoms with E-state index in [9.17, 15) is 4.79 Å². The highest BCUT2D eigenvalue weighted by Gasteiger charge is 2.05. The fraction of sp³-hybridized carbons (Fsp3) is 0.154. The molecular weight excluding hydrogens is 313 g/mol. The lowest BCUT2D eigenvalue weighted by Crippen LogP contribution is -2.06. The molecule has 0 saturated carbocycles. The lowest BCUT2D eigenvalue weighted by Gasteiger charge is -2.07. The van der Waals surface area contributed by atoms with E-state index in [0.29, 0.717) is 0 Å². The lowest BCUT2D eigenvalue weighted by atomic mass is 10.2. The number of hydrogen-bond donors (Lipinski definition) is 0. The van der Waals surface area contributed by atoms with Crippen LogP contribution in [0.15, 0.2) is 42.6 Å². The molecule has 0 fully saturated rings. The summed E-state index contributed by atoms with van der Waals surface area (Å²) in [4.78, 5) is 11.3. The number of hydrogen-bond acceptors (Lipinski definition) is 1. The van der Waals surface area contributed by atoms with Gasteiger partial charge in [0.25, 0.3) is 0 Å². The Balaban J connectivity index is 2.23. The van der Waals surface area contributed by atoms with Gasteiger partial charge in [0.1, 0.15) is 0 Å². The Morgan fingerprint density at radius 3 is 2.56 bits per heavy atom. The van der Waals surface area contributed by atoms with Crippen LogP contribution in [-0.4, -0.2) is 10.4 Å². The van der Waals surface area contributed by atoms with Crippen molar-refractivity contribution in [3.63, 3.8) is 0 Å². The standard InChI is InChI=1S/C13H12INO/c1-10(16)13-3-2-8-15(13)9-11-4-6-12(14)7-5-11/h2-8H,9H2,1H3. The van der Waals surface area contributed by atoms with Crippen LogP contribution in [0.5, 0.6) is 0 Å². The van der Waals surface area contributed by atoms with Gasteiger partial charge < -0.3 is 4.57 Å². The summed E-state index contributed by atoms with van der Waals surface area (Å²) in [5, 5.41) is 0. The fourth-order valence-electron chi connectivity index (χ4n) is 1.66. The van der Waals surface area contributed by atoms with Crippen LogP contribution in [0.1, 0.15) is 23.0 Å². The van der Waals surface area contributed by atoms with E-state index in [1.807, 2.05) is 22.9 Å². The second-order valence-electron chi connectivity index (χ2n) is 3.70. The zero-order valence-electron chi connectivity index (χ0n) is 8.98. The average Bonchev–Trinajstić information content (AvgIpc) is 2.69. The third kappa shape index (κ3) is 2.52. The number of aromatic nitrogens is 1. The van der Waals surface area contributed by atoms with Crippen molar-refractivity contribution >= 4 is 28.4 Å². The van der Waals surface area contributed by atoms with E-state index >= 15 is 0 Å². The van der Waals surface area contributed by atoms with Gasteiger partial charge in [-0.3, -0.25) is 4.79 Å². The zero-order valence-corrected chi connectivity index (χ0v) is 11.1. The summed E-state index contributed by atoms with van der Waals surface area (Å²) in [6.07, 6.45) is 1.94. The Labute approximate surface area is 108 Å². The molecule has 0 aliphatic carbocycles. The van der Waals surface area contributed by atoms with Crippen LogP contribution in [0.3, 0.4) is 0 Å². The first kappa shape index (κ1) is 11.4. The van der Waals surface area contributed by atoms with E-state index in [-0.39, 0.29) is 5.78 Å². The molecule has 82 valence electrons. The minimum absolute atomic E-state index is 0.107. The van der Waals surface area contributed by atoms with Crippen molar-refractivity contribution in [3.05, 3.63) is 57.4 Å². The molecule has 2 nitrogen and oxygen atoms in total. The highest BCUT2D eigenvalue weighted by atomic mass is 127. The number of halogens is 1. The van der Waals surface area contributed by atoms with Crippen molar-refractivity contribution < 1.29 is 4.79 Å². The Bertz CT molecular complexity index is 499. The van der Waals surface area contributed by atoms with Crippen LogP contribution >= 0.6 is 22.6 Å². The summed E-state index contributed by atoms with van der Waals surface area (Å²) < 4.78 is 3.20. The van der Waals surface area contributed by atoms with Gasteiger partial charge in [-0.05, 0) is 52.4 Å². The van der Waals surface area contributed by atoms with Crippen LogP contribution in [0.2, 0.25) is 0 Å². The predicted molar refractivity (Wildman–Crippen MR) is 72.7 cm³/mol. The number of nitrogens with zero attached hydrogens (tertiary/aromatic N) is 1. The number of carbonyl (C=O) groups excluding carboxylic acids is 1. The largest absolute Gasteiger partial charge is 0.341 e. The number of ketones is 1. The van der Waals surface area contributed by atoms with Gasteiger partial charge in [-0.25, -0.2) is 0 Å². The monoisotopic (exact) mass is 325 g/mol. The van der Waals surface area contributed by atoms with Crippen molar-refractivity contribution in [2.75, 3.05) is 0 Å². The van der Waals surface area contributed by atoms with Gasteiger partial charge in [-0.2, -0.15) is 0 Å². The van der Waals surface area contributed by atoms with E-state index in [1.165, 1.54) is 9.13 Å². The molecule has 16 heavy (non-hydrogen) atoms. The van der Waals surface area contributed by atoms with Gasteiger partial charge in [0.2, 0.25) is 0 Å². The topological polar surface area (TPSA) is 22.0 Å². The Kier molecular flexibility index (Phi) is 3.43. The Hall–Kier alpha value is -1.10. The molecule has 0 amide bonds. The molecule has 2 aromatic rings. The zero-order chi connectivity index (χ0) is 11.5. The maximum atomic E-state index is 11.3. The molecule has 2 rings (SSSR count). The molecule has 0 saturated heterocycles. The molecule has 1 aromatic heterocycles. The first-order valence-electron chi connectivity index (χ1n) is 5.07. The van der Waals surface area contributed by atoms with E-state index < -0.39 is 0 Å². The summed E-state index contributed by atoms with van der Waals surface area (Å²) in [5.74, 6) is 0.107. The van der Waals surface area contributed by atoms with Crippen molar-refractivity contribution in [2.45, 2.75) is 13.5 Å². The molecule has 1 heterocycles. The highest BCUT2D eigenvalue weighted by molar-refractivity contribution is 14.1. The first-order valence-corrected chi connectivity index (χ1v) is 6.15. The van der Waals surface area contributed by atoms with Gasteiger partial charge in [-0.15, -0.1) is 0 Å². The van der Waals surface area contributed by atoms with Crippen molar-refractivity contribution in [2.24, 2.45) is 0 Å². The molecule has 0 unspecified atom stereocenters. The summed E-state index contributed by atoms with van der Waals surface area (Å²) >= 11 is 2.28. The summed E-state index contributed by atoms with van der Waals surface area (Å²) in [5.41, 5.74) is 1.97. The summed E-state index contributed by atoms with van der Waals surface area (Å²) in [7, 11) is 0.